The lowest BCUT2D eigenvalue weighted by atomic mass is 9.90. The van der Waals surface area contributed by atoms with Crippen molar-refractivity contribution in [2.75, 3.05) is 38.5 Å². The van der Waals surface area contributed by atoms with Gasteiger partial charge in [0.15, 0.2) is 5.65 Å². The minimum absolute atomic E-state index is 0.441. The molecule has 1 aliphatic carbocycles. The van der Waals surface area contributed by atoms with Crippen molar-refractivity contribution in [3.63, 3.8) is 0 Å². The predicted molar refractivity (Wildman–Crippen MR) is 124 cm³/mol. The first-order valence-corrected chi connectivity index (χ1v) is 11.6. The van der Waals surface area contributed by atoms with Gasteiger partial charge in [-0.2, -0.15) is 5.10 Å². The Labute approximate surface area is 187 Å². The van der Waals surface area contributed by atoms with Crippen LogP contribution in [0.1, 0.15) is 25.7 Å². The fourth-order valence-electron chi connectivity index (χ4n) is 5.10. The highest BCUT2D eigenvalue weighted by molar-refractivity contribution is 5.78. The van der Waals surface area contributed by atoms with Crippen molar-refractivity contribution in [3.05, 3.63) is 43.0 Å². The second kappa shape index (κ2) is 8.14. The number of nitrogens with zero attached hydrogens (tertiary/aromatic N) is 8. The zero-order valence-corrected chi connectivity index (χ0v) is 18.4. The Morgan fingerprint density at radius 3 is 2.56 bits per heavy atom. The van der Waals surface area contributed by atoms with Crippen LogP contribution < -0.4 is 5.32 Å². The average Bonchev–Trinajstić information content (AvgIpc) is 3.46. The Kier molecular flexibility index (Phi) is 4.99. The van der Waals surface area contributed by atoms with Crippen molar-refractivity contribution >= 4 is 17.1 Å². The van der Waals surface area contributed by atoms with E-state index in [4.69, 9.17) is 5.10 Å². The van der Waals surface area contributed by atoms with E-state index in [0.29, 0.717) is 12.0 Å². The fraction of sp³-hybridized carbons (Fsp3) is 0.478. The van der Waals surface area contributed by atoms with Crippen LogP contribution in [0.25, 0.3) is 22.4 Å². The summed E-state index contributed by atoms with van der Waals surface area (Å²) >= 11 is 0. The summed E-state index contributed by atoms with van der Waals surface area (Å²) in [7, 11) is 2.22. The van der Waals surface area contributed by atoms with Crippen molar-refractivity contribution in [1.82, 2.24) is 39.0 Å². The summed E-state index contributed by atoms with van der Waals surface area (Å²) in [5, 5.41) is 12.9. The Bertz CT molecular complexity index is 1210. The van der Waals surface area contributed by atoms with E-state index in [1.165, 1.54) is 51.9 Å². The number of likely N-dealkylation sites (N-methyl/N-ethyl adjacent to an activating group) is 1. The number of rotatable bonds is 4. The zero-order valence-electron chi connectivity index (χ0n) is 18.4. The Balaban J connectivity index is 1.13. The molecule has 6 rings (SSSR count). The summed E-state index contributed by atoms with van der Waals surface area (Å²) < 4.78 is 3.68. The second-order valence-electron chi connectivity index (χ2n) is 9.08. The number of hydrogen-bond donors (Lipinski definition) is 1. The Hall–Kier alpha value is -3.04. The molecule has 1 saturated heterocycles. The minimum Gasteiger partial charge on any atom is -0.350 e. The van der Waals surface area contributed by atoms with Crippen LogP contribution >= 0.6 is 0 Å². The third kappa shape index (κ3) is 3.71. The SMILES string of the molecule is CN1CCN(C2CCC(Nc3ncc4c(-c5ccc6nccn6n5)ccn4n3)CC2)CC1. The molecule has 0 radical (unpaired) electrons. The molecule has 0 unspecified atom stereocenters. The number of fused-ring (bicyclic) bond motifs is 2. The summed E-state index contributed by atoms with van der Waals surface area (Å²) in [5.41, 5.74) is 3.67. The van der Waals surface area contributed by atoms with Gasteiger partial charge >= 0.3 is 0 Å². The highest BCUT2D eigenvalue weighted by atomic mass is 15.3. The van der Waals surface area contributed by atoms with Gasteiger partial charge in [0.05, 0.1) is 17.4 Å². The normalized spacial score (nSPS) is 23.2. The highest BCUT2D eigenvalue weighted by Crippen LogP contribution is 2.27. The highest BCUT2D eigenvalue weighted by Gasteiger charge is 2.28. The molecule has 5 heterocycles. The largest absolute Gasteiger partial charge is 0.350 e. The molecule has 0 spiro atoms. The van der Waals surface area contributed by atoms with Gasteiger partial charge in [0, 0.05) is 62.4 Å². The molecule has 9 nitrogen and oxygen atoms in total. The van der Waals surface area contributed by atoms with E-state index in [2.05, 4.69) is 37.2 Å². The maximum absolute atomic E-state index is 4.72. The lowest BCUT2D eigenvalue weighted by molar-refractivity contribution is 0.0893. The summed E-state index contributed by atoms with van der Waals surface area (Å²) in [5.74, 6) is 0.695. The molecule has 0 bridgehead atoms. The van der Waals surface area contributed by atoms with Gasteiger partial charge in [0.2, 0.25) is 5.95 Å². The monoisotopic (exact) mass is 431 g/mol. The molecule has 1 saturated carbocycles. The zero-order chi connectivity index (χ0) is 21.5. The van der Waals surface area contributed by atoms with Gasteiger partial charge < -0.3 is 10.2 Å². The summed E-state index contributed by atoms with van der Waals surface area (Å²) in [4.78, 5) is 14.0. The maximum atomic E-state index is 4.72. The number of imidazole rings is 1. The molecule has 1 aliphatic heterocycles. The quantitative estimate of drug-likeness (QED) is 0.532. The third-order valence-electron chi connectivity index (χ3n) is 7.03. The summed E-state index contributed by atoms with van der Waals surface area (Å²) in [6.07, 6.45) is 12.3. The van der Waals surface area contributed by atoms with Gasteiger partial charge in [0.1, 0.15) is 0 Å². The first-order chi connectivity index (χ1) is 15.7. The molecule has 4 aromatic heterocycles. The van der Waals surface area contributed by atoms with Crippen LogP contribution in [0.3, 0.4) is 0 Å². The van der Waals surface area contributed by atoms with Gasteiger partial charge in [-0.1, -0.05) is 0 Å². The van der Waals surface area contributed by atoms with E-state index in [0.717, 1.165) is 28.5 Å². The standard InChI is InChI=1S/C23H29N9/c1-29-12-14-30(15-13-29)18-4-2-17(3-5-18)26-23-25-16-21-19(8-10-31(21)28-23)20-6-7-22-24-9-11-32(22)27-20/h6-11,16-18H,2-5,12-15H2,1H3,(H,26,28). The molecule has 166 valence electrons. The van der Waals surface area contributed by atoms with Gasteiger partial charge in [-0.05, 0) is 50.9 Å². The number of anilines is 1. The van der Waals surface area contributed by atoms with Crippen LogP contribution in [0.2, 0.25) is 0 Å². The summed E-state index contributed by atoms with van der Waals surface area (Å²) in [6, 6.07) is 7.18. The van der Waals surface area contributed by atoms with E-state index in [1.807, 2.05) is 41.3 Å². The Morgan fingerprint density at radius 2 is 1.72 bits per heavy atom. The van der Waals surface area contributed by atoms with E-state index in [1.54, 1.807) is 10.7 Å². The molecule has 2 fully saturated rings. The van der Waals surface area contributed by atoms with Crippen LogP contribution in [-0.2, 0) is 0 Å². The molecule has 0 atom stereocenters. The van der Waals surface area contributed by atoms with Crippen molar-refractivity contribution in [1.29, 1.82) is 0 Å². The first kappa shape index (κ1) is 19.6. The lowest BCUT2D eigenvalue weighted by Crippen LogP contribution is -2.50. The number of nitrogens with one attached hydrogen (secondary N) is 1. The van der Waals surface area contributed by atoms with Crippen LogP contribution in [-0.4, -0.2) is 84.3 Å². The van der Waals surface area contributed by atoms with E-state index < -0.39 is 0 Å². The molecule has 9 heteroatoms. The van der Waals surface area contributed by atoms with E-state index in [9.17, 15) is 0 Å². The van der Waals surface area contributed by atoms with Gasteiger partial charge in [-0.3, -0.25) is 4.90 Å². The average molecular weight is 432 g/mol. The molecule has 32 heavy (non-hydrogen) atoms. The molecule has 4 aromatic rings. The maximum Gasteiger partial charge on any atom is 0.241 e. The molecule has 0 amide bonds. The van der Waals surface area contributed by atoms with Crippen LogP contribution in [0.5, 0.6) is 0 Å². The van der Waals surface area contributed by atoms with Crippen molar-refractivity contribution in [2.24, 2.45) is 0 Å². The number of hydrogen-bond acceptors (Lipinski definition) is 7. The van der Waals surface area contributed by atoms with Gasteiger partial charge in [0.25, 0.3) is 0 Å². The third-order valence-corrected chi connectivity index (χ3v) is 7.03. The van der Waals surface area contributed by atoms with E-state index in [-0.39, 0.29) is 0 Å². The Morgan fingerprint density at radius 1 is 0.875 bits per heavy atom. The predicted octanol–water partition coefficient (Wildman–Crippen LogP) is 2.41. The minimum atomic E-state index is 0.441. The van der Waals surface area contributed by atoms with Crippen molar-refractivity contribution < 1.29 is 0 Å². The van der Waals surface area contributed by atoms with Crippen molar-refractivity contribution in [2.45, 2.75) is 37.8 Å². The first-order valence-electron chi connectivity index (χ1n) is 11.6. The number of piperazine rings is 1. The van der Waals surface area contributed by atoms with Crippen LogP contribution in [0, 0.1) is 0 Å². The van der Waals surface area contributed by atoms with Gasteiger partial charge in [-0.25, -0.2) is 19.0 Å². The van der Waals surface area contributed by atoms with Gasteiger partial charge in [-0.15, -0.1) is 5.10 Å². The molecular weight excluding hydrogens is 402 g/mol. The number of aromatic nitrogens is 6. The van der Waals surface area contributed by atoms with Crippen LogP contribution in [0.4, 0.5) is 5.95 Å². The molecule has 0 aromatic carbocycles. The van der Waals surface area contributed by atoms with Crippen molar-refractivity contribution in [3.8, 4) is 11.3 Å². The molecule has 1 N–H and O–H groups in total. The van der Waals surface area contributed by atoms with E-state index >= 15 is 0 Å². The molecule has 2 aliphatic rings. The fourth-order valence-corrected chi connectivity index (χ4v) is 5.10. The smallest absolute Gasteiger partial charge is 0.241 e. The summed E-state index contributed by atoms with van der Waals surface area (Å²) in [6.45, 7) is 4.79. The van der Waals surface area contributed by atoms with Crippen LogP contribution in [0.15, 0.2) is 43.0 Å². The molecular formula is C23H29N9. The topological polar surface area (TPSA) is 78.9 Å². The lowest BCUT2D eigenvalue weighted by Gasteiger charge is -2.41. The second-order valence-corrected chi connectivity index (χ2v) is 9.08.